The molecule has 0 bridgehead atoms. The summed E-state index contributed by atoms with van der Waals surface area (Å²) < 4.78 is 1.67. The van der Waals surface area contributed by atoms with Crippen LogP contribution < -0.4 is 5.32 Å². The first-order valence-corrected chi connectivity index (χ1v) is 4.09. The zero-order chi connectivity index (χ0) is 9.42. The molecule has 70 valence electrons. The third-order valence-corrected chi connectivity index (χ3v) is 2.20. The predicted octanol–water partition coefficient (Wildman–Crippen LogP) is 0.244. The molecule has 0 radical (unpaired) electrons. The number of nitro groups is 1. The lowest BCUT2D eigenvalue weighted by Crippen LogP contribution is -2.43. The number of nitrogens with zero attached hydrogens (tertiary/aromatic N) is 3. The minimum Gasteiger partial charge on any atom is -0.358 e. The summed E-state index contributed by atoms with van der Waals surface area (Å²) in [5.41, 5.74) is 0.622. The molecular formula is C7H10N4O2. The second-order valence-electron chi connectivity index (χ2n) is 3.18. The van der Waals surface area contributed by atoms with Crippen molar-refractivity contribution in [1.82, 2.24) is 15.1 Å². The van der Waals surface area contributed by atoms with E-state index < -0.39 is 4.92 Å². The van der Waals surface area contributed by atoms with Crippen LogP contribution in [-0.2, 0) is 0 Å². The fourth-order valence-electron chi connectivity index (χ4n) is 1.30. The molecule has 1 aliphatic rings. The van der Waals surface area contributed by atoms with Crippen LogP contribution in [0.15, 0.2) is 6.20 Å². The summed E-state index contributed by atoms with van der Waals surface area (Å²) >= 11 is 0. The SMILES string of the molecule is Cc1cn(C2CNC2)nc1[N+](=O)[O-]. The Kier molecular flexibility index (Phi) is 1.77. The molecule has 0 unspecified atom stereocenters. The van der Waals surface area contributed by atoms with Gasteiger partial charge >= 0.3 is 5.82 Å². The molecule has 6 heteroatoms. The topological polar surface area (TPSA) is 73.0 Å². The number of rotatable bonds is 2. The van der Waals surface area contributed by atoms with Crippen LogP contribution in [0.5, 0.6) is 0 Å². The molecule has 1 aromatic heterocycles. The molecule has 0 aliphatic carbocycles. The van der Waals surface area contributed by atoms with Crippen LogP contribution in [0.3, 0.4) is 0 Å². The van der Waals surface area contributed by atoms with Crippen molar-refractivity contribution < 1.29 is 4.92 Å². The number of hydrogen-bond acceptors (Lipinski definition) is 4. The van der Waals surface area contributed by atoms with Crippen molar-refractivity contribution in [3.8, 4) is 0 Å². The third kappa shape index (κ3) is 1.29. The number of hydrogen-bond donors (Lipinski definition) is 1. The Hall–Kier alpha value is -1.43. The van der Waals surface area contributed by atoms with Gasteiger partial charge in [0.25, 0.3) is 0 Å². The summed E-state index contributed by atoms with van der Waals surface area (Å²) in [6.45, 7) is 3.39. The van der Waals surface area contributed by atoms with E-state index in [1.54, 1.807) is 17.8 Å². The van der Waals surface area contributed by atoms with Crippen molar-refractivity contribution in [2.45, 2.75) is 13.0 Å². The van der Waals surface area contributed by atoms with E-state index in [9.17, 15) is 10.1 Å². The van der Waals surface area contributed by atoms with Crippen LogP contribution in [0.1, 0.15) is 11.6 Å². The minimum absolute atomic E-state index is 0.0353. The second-order valence-corrected chi connectivity index (χ2v) is 3.18. The van der Waals surface area contributed by atoms with Gasteiger partial charge in [-0.2, -0.15) is 4.68 Å². The summed E-state index contributed by atoms with van der Waals surface area (Å²) in [7, 11) is 0. The molecule has 1 saturated heterocycles. The first-order valence-electron chi connectivity index (χ1n) is 4.09. The maximum absolute atomic E-state index is 10.5. The minimum atomic E-state index is -0.447. The van der Waals surface area contributed by atoms with Crippen molar-refractivity contribution in [3.63, 3.8) is 0 Å². The zero-order valence-electron chi connectivity index (χ0n) is 7.23. The van der Waals surface area contributed by atoms with Crippen molar-refractivity contribution in [2.24, 2.45) is 0 Å². The Balaban J connectivity index is 2.28. The first-order chi connectivity index (χ1) is 6.18. The Morgan fingerprint density at radius 3 is 2.85 bits per heavy atom. The zero-order valence-corrected chi connectivity index (χ0v) is 7.23. The Bertz CT molecular complexity index is 342. The summed E-state index contributed by atoms with van der Waals surface area (Å²) in [6, 6.07) is 0.285. The van der Waals surface area contributed by atoms with E-state index in [0.29, 0.717) is 5.56 Å². The summed E-state index contributed by atoms with van der Waals surface area (Å²) in [5, 5.41) is 17.5. The van der Waals surface area contributed by atoms with Crippen LogP contribution >= 0.6 is 0 Å². The smallest absolute Gasteiger partial charge is 0.358 e. The Morgan fingerprint density at radius 2 is 2.46 bits per heavy atom. The van der Waals surface area contributed by atoms with E-state index >= 15 is 0 Å². The number of aryl methyl sites for hydroxylation is 1. The molecule has 0 spiro atoms. The average molecular weight is 182 g/mol. The highest BCUT2D eigenvalue weighted by atomic mass is 16.6. The van der Waals surface area contributed by atoms with E-state index in [2.05, 4.69) is 10.4 Å². The average Bonchev–Trinajstić information content (AvgIpc) is 2.27. The lowest BCUT2D eigenvalue weighted by atomic mass is 10.2. The van der Waals surface area contributed by atoms with E-state index in [-0.39, 0.29) is 11.9 Å². The molecule has 1 aliphatic heterocycles. The van der Waals surface area contributed by atoms with Gasteiger partial charge in [0, 0.05) is 13.1 Å². The second kappa shape index (κ2) is 2.81. The van der Waals surface area contributed by atoms with Crippen molar-refractivity contribution in [1.29, 1.82) is 0 Å². The van der Waals surface area contributed by atoms with Gasteiger partial charge in [0.05, 0.1) is 22.9 Å². The standard InChI is InChI=1S/C7H10N4O2/c1-5-4-10(6-2-8-3-6)9-7(5)11(12)13/h4,6,8H,2-3H2,1H3. The maximum atomic E-state index is 10.5. The van der Waals surface area contributed by atoms with Gasteiger partial charge in [0.15, 0.2) is 0 Å². The van der Waals surface area contributed by atoms with Gasteiger partial charge in [0.2, 0.25) is 0 Å². The molecule has 1 aromatic rings. The highest BCUT2D eigenvalue weighted by molar-refractivity contribution is 5.28. The molecular weight excluding hydrogens is 172 g/mol. The van der Waals surface area contributed by atoms with E-state index in [1.165, 1.54) is 0 Å². The van der Waals surface area contributed by atoms with Gasteiger partial charge in [0.1, 0.15) is 0 Å². The largest absolute Gasteiger partial charge is 0.392 e. The van der Waals surface area contributed by atoms with Gasteiger partial charge in [-0.3, -0.25) is 0 Å². The highest BCUT2D eigenvalue weighted by Crippen LogP contribution is 2.18. The van der Waals surface area contributed by atoms with E-state index in [0.717, 1.165) is 13.1 Å². The van der Waals surface area contributed by atoms with Crippen molar-refractivity contribution in [2.75, 3.05) is 13.1 Å². The van der Waals surface area contributed by atoms with Crippen LogP contribution in [0.2, 0.25) is 0 Å². The van der Waals surface area contributed by atoms with Crippen LogP contribution in [0.4, 0.5) is 5.82 Å². The predicted molar refractivity (Wildman–Crippen MR) is 45.5 cm³/mol. The highest BCUT2D eigenvalue weighted by Gasteiger charge is 2.26. The monoisotopic (exact) mass is 182 g/mol. The van der Waals surface area contributed by atoms with E-state index in [1.807, 2.05) is 0 Å². The summed E-state index contributed by atoms with van der Waals surface area (Å²) in [5.74, 6) is -0.0353. The molecule has 0 saturated carbocycles. The van der Waals surface area contributed by atoms with Gasteiger partial charge in [-0.05, 0) is 11.8 Å². The molecule has 2 heterocycles. The molecule has 13 heavy (non-hydrogen) atoms. The maximum Gasteiger partial charge on any atom is 0.392 e. The fourth-order valence-corrected chi connectivity index (χ4v) is 1.30. The molecule has 0 amide bonds. The summed E-state index contributed by atoms with van der Waals surface area (Å²) in [6.07, 6.45) is 1.73. The first kappa shape index (κ1) is 8.18. The fraction of sp³-hybridized carbons (Fsp3) is 0.571. The van der Waals surface area contributed by atoms with Crippen LogP contribution in [0.25, 0.3) is 0 Å². The van der Waals surface area contributed by atoms with Gasteiger partial charge in [-0.1, -0.05) is 0 Å². The van der Waals surface area contributed by atoms with Gasteiger partial charge in [-0.25, -0.2) is 0 Å². The lowest BCUT2D eigenvalue weighted by Gasteiger charge is -2.24. The Morgan fingerprint density at radius 1 is 1.77 bits per heavy atom. The molecule has 6 nitrogen and oxygen atoms in total. The van der Waals surface area contributed by atoms with E-state index in [4.69, 9.17) is 0 Å². The Labute approximate surface area is 74.7 Å². The van der Waals surface area contributed by atoms with Crippen molar-refractivity contribution in [3.05, 3.63) is 21.9 Å². The van der Waals surface area contributed by atoms with Crippen LogP contribution in [0, 0.1) is 17.0 Å². The summed E-state index contributed by atoms with van der Waals surface area (Å²) in [4.78, 5) is 10.0. The number of nitrogens with one attached hydrogen (secondary N) is 1. The van der Waals surface area contributed by atoms with Crippen LogP contribution in [-0.4, -0.2) is 27.8 Å². The molecule has 0 aromatic carbocycles. The van der Waals surface area contributed by atoms with Gasteiger partial charge in [-0.15, -0.1) is 0 Å². The van der Waals surface area contributed by atoms with Crippen molar-refractivity contribution >= 4 is 5.82 Å². The molecule has 1 fully saturated rings. The number of aromatic nitrogens is 2. The molecule has 1 N–H and O–H groups in total. The molecule has 0 atom stereocenters. The molecule has 2 rings (SSSR count). The lowest BCUT2D eigenvalue weighted by molar-refractivity contribution is -0.390. The quantitative estimate of drug-likeness (QED) is 0.525. The third-order valence-electron chi connectivity index (χ3n) is 2.20. The normalized spacial score (nSPS) is 17.0. The van der Waals surface area contributed by atoms with Gasteiger partial charge < -0.3 is 15.4 Å².